The van der Waals surface area contributed by atoms with Gasteiger partial charge in [0.2, 0.25) is 0 Å². The van der Waals surface area contributed by atoms with Crippen LogP contribution in [-0.4, -0.2) is 34.9 Å². The molecule has 1 aliphatic heterocycles. The molecular formula is C17H20N2O2. The van der Waals surface area contributed by atoms with Crippen molar-refractivity contribution >= 4 is 11.8 Å². The predicted octanol–water partition coefficient (Wildman–Crippen LogP) is 2.08. The van der Waals surface area contributed by atoms with Gasteiger partial charge in [0.15, 0.2) is 0 Å². The van der Waals surface area contributed by atoms with E-state index in [9.17, 15) is 9.59 Å². The van der Waals surface area contributed by atoms with Crippen LogP contribution >= 0.6 is 0 Å². The Balaban J connectivity index is 2.43. The van der Waals surface area contributed by atoms with Gasteiger partial charge in [0.25, 0.3) is 11.8 Å². The van der Waals surface area contributed by atoms with Crippen molar-refractivity contribution in [2.24, 2.45) is 0 Å². The maximum Gasteiger partial charge on any atom is 0.258 e. The topological polar surface area (TPSA) is 40.6 Å². The average Bonchev–Trinajstić information content (AvgIpc) is 2.70. The summed E-state index contributed by atoms with van der Waals surface area (Å²) in [6, 6.07) is 5.64. The summed E-state index contributed by atoms with van der Waals surface area (Å²) in [4.78, 5) is 25.0. The first-order valence-electron chi connectivity index (χ1n) is 7.21. The van der Waals surface area contributed by atoms with Crippen LogP contribution in [0.15, 0.2) is 18.2 Å². The van der Waals surface area contributed by atoms with Crippen molar-refractivity contribution in [2.45, 2.75) is 33.6 Å². The van der Waals surface area contributed by atoms with Gasteiger partial charge >= 0.3 is 0 Å². The van der Waals surface area contributed by atoms with Crippen LogP contribution in [-0.2, 0) is 9.59 Å². The molecule has 0 bridgehead atoms. The Kier molecular flexibility index (Phi) is 4.32. The summed E-state index contributed by atoms with van der Waals surface area (Å²) in [6.45, 7) is 8.47. The third-order valence-corrected chi connectivity index (χ3v) is 3.74. The van der Waals surface area contributed by atoms with Crippen LogP contribution in [0.4, 0.5) is 0 Å². The van der Waals surface area contributed by atoms with Crippen molar-refractivity contribution in [1.82, 2.24) is 10.0 Å². The van der Waals surface area contributed by atoms with Gasteiger partial charge in [-0.15, -0.1) is 5.92 Å². The number of likely N-dealkylation sites (N-methyl/N-ethyl adjacent to an activating group) is 2. The minimum Gasteiger partial charge on any atom is -0.272 e. The molecule has 1 aromatic carbocycles. The summed E-state index contributed by atoms with van der Waals surface area (Å²) in [7, 11) is 0. The lowest BCUT2D eigenvalue weighted by molar-refractivity contribution is -0.145. The Bertz CT molecular complexity index is 618. The number of aryl methyl sites for hydroxylation is 1. The number of carbonyl (C=O) groups excluding carboxylic acids is 2. The van der Waals surface area contributed by atoms with Crippen molar-refractivity contribution < 1.29 is 9.59 Å². The maximum atomic E-state index is 12.5. The van der Waals surface area contributed by atoms with Gasteiger partial charge in [-0.25, -0.2) is 0 Å². The van der Waals surface area contributed by atoms with Gasteiger partial charge in [0.1, 0.15) is 5.92 Å². The highest BCUT2D eigenvalue weighted by molar-refractivity contribution is 6.10. The Morgan fingerprint density at radius 3 is 2.10 bits per heavy atom. The molecule has 0 aliphatic carbocycles. The lowest BCUT2D eigenvalue weighted by Crippen LogP contribution is -2.40. The molecule has 4 heteroatoms. The fourth-order valence-corrected chi connectivity index (χ4v) is 2.78. The van der Waals surface area contributed by atoms with Crippen LogP contribution in [0.1, 0.15) is 43.4 Å². The zero-order valence-electron chi connectivity index (χ0n) is 12.9. The Labute approximate surface area is 125 Å². The highest BCUT2D eigenvalue weighted by atomic mass is 16.2. The Hall–Kier alpha value is -2.28. The van der Waals surface area contributed by atoms with E-state index < -0.39 is 5.92 Å². The van der Waals surface area contributed by atoms with E-state index >= 15 is 0 Å². The highest BCUT2D eigenvalue weighted by Crippen LogP contribution is 2.31. The van der Waals surface area contributed by atoms with Crippen LogP contribution in [0, 0.1) is 18.8 Å². The number of nitrogens with zero attached hydrogens (tertiary/aromatic N) is 2. The molecule has 1 aliphatic rings. The van der Waals surface area contributed by atoms with E-state index in [2.05, 4.69) is 11.8 Å². The van der Waals surface area contributed by atoms with E-state index in [1.807, 2.05) is 39.0 Å². The lowest BCUT2D eigenvalue weighted by Gasteiger charge is -2.24. The number of hydrazine groups is 1. The fraction of sp³-hybridized carbons (Fsp3) is 0.412. The minimum absolute atomic E-state index is 0.137. The van der Waals surface area contributed by atoms with Gasteiger partial charge in [-0.2, -0.15) is 0 Å². The van der Waals surface area contributed by atoms with Crippen LogP contribution < -0.4 is 0 Å². The van der Waals surface area contributed by atoms with Gasteiger partial charge in [-0.1, -0.05) is 12.0 Å². The summed E-state index contributed by atoms with van der Waals surface area (Å²) in [5.74, 6) is 4.85. The van der Waals surface area contributed by atoms with Crippen LogP contribution in [0.5, 0.6) is 0 Å². The second-order valence-electron chi connectivity index (χ2n) is 4.99. The molecular weight excluding hydrogens is 264 g/mol. The molecule has 0 unspecified atom stereocenters. The molecule has 0 radical (unpaired) electrons. The number of rotatable bonds is 3. The normalized spacial score (nSPS) is 15.4. The van der Waals surface area contributed by atoms with Gasteiger partial charge in [0, 0.05) is 18.7 Å². The molecule has 2 rings (SSSR count). The molecule has 0 atom stereocenters. The molecule has 2 amide bonds. The zero-order valence-corrected chi connectivity index (χ0v) is 12.9. The highest BCUT2D eigenvalue weighted by Gasteiger charge is 2.45. The van der Waals surface area contributed by atoms with Crippen molar-refractivity contribution in [2.75, 3.05) is 13.1 Å². The molecule has 0 saturated carbocycles. The number of hydrogen-bond acceptors (Lipinski definition) is 2. The predicted molar refractivity (Wildman–Crippen MR) is 81.2 cm³/mol. The molecule has 0 spiro atoms. The maximum absolute atomic E-state index is 12.5. The monoisotopic (exact) mass is 284 g/mol. The largest absolute Gasteiger partial charge is 0.272 e. The average molecular weight is 284 g/mol. The number of amides is 2. The Morgan fingerprint density at radius 1 is 1.10 bits per heavy atom. The summed E-state index contributed by atoms with van der Waals surface area (Å²) in [5, 5.41) is 3.07. The quantitative estimate of drug-likeness (QED) is 0.630. The van der Waals surface area contributed by atoms with Crippen molar-refractivity contribution in [1.29, 1.82) is 0 Å². The van der Waals surface area contributed by atoms with E-state index in [0.717, 1.165) is 16.7 Å². The molecule has 4 nitrogen and oxygen atoms in total. The molecule has 0 N–H and O–H groups in total. The second kappa shape index (κ2) is 6.01. The van der Waals surface area contributed by atoms with Crippen LogP contribution in [0.25, 0.3) is 0 Å². The number of benzene rings is 1. The van der Waals surface area contributed by atoms with Crippen molar-refractivity contribution in [3.05, 3.63) is 34.9 Å². The molecule has 110 valence electrons. The third-order valence-electron chi connectivity index (χ3n) is 3.74. The lowest BCUT2D eigenvalue weighted by atomic mass is 9.92. The fourth-order valence-electron chi connectivity index (χ4n) is 2.78. The first kappa shape index (κ1) is 15.1. The van der Waals surface area contributed by atoms with Crippen LogP contribution in [0.2, 0.25) is 0 Å². The first-order valence-corrected chi connectivity index (χ1v) is 7.21. The number of hydrogen-bond donors (Lipinski definition) is 0. The van der Waals surface area contributed by atoms with Gasteiger partial charge in [-0.3, -0.25) is 19.6 Å². The molecule has 1 aromatic rings. The summed E-state index contributed by atoms with van der Waals surface area (Å²) in [6.07, 6.45) is 0. The Morgan fingerprint density at radius 2 is 1.67 bits per heavy atom. The van der Waals surface area contributed by atoms with E-state index in [4.69, 9.17) is 0 Å². The first-order chi connectivity index (χ1) is 10.0. The van der Waals surface area contributed by atoms with Gasteiger partial charge in [-0.05, 0) is 51.0 Å². The van der Waals surface area contributed by atoms with Gasteiger partial charge < -0.3 is 0 Å². The van der Waals surface area contributed by atoms with E-state index in [1.54, 1.807) is 6.92 Å². The summed E-state index contributed by atoms with van der Waals surface area (Å²) < 4.78 is 0. The van der Waals surface area contributed by atoms with E-state index in [-0.39, 0.29) is 11.8 Å². The van der Waals surface area contributed by atoms with Crippen molar-refractivity contribution in [3.8, 4) is 11.8 Å². The third kappa shape index (κ3) is 2.52. The molecule has 0 aromatic heterocycles. The summed E-state index contributed by atoms with van der Waals surface area (Å²) in [5.41, 5.74) is 2.60. The van der Waals surface area contributed by atoms with Gasteiger partial charge in [0.05, 0.1) is 0 Å². The number of carbonyl (C=O) groups is 2. The second-order valence-corrected chi connectivity index (χ2v) is 4.99. The smallest absolute Gasteiger partial charge is 0.258 e. The SMILES string of the molecule is CC#Cc1ccc(C2C(=O)N(CC)N(CC)C2=O)c(C)c1. The zero-order chi connectivity index (χ0) is 15.6. The standard InChI is InChI=1S/C17H20N2O2/c1-5-8-13-9-10-14(12(4)11-13)15-16(20)18(6-2)19(7-3)17(15)21/h9-11,15H,6-7H2,1-4H3. The van der Waals surface area contributed by atoms with E-state index in [0.29, 0.717) is 13.1 Å². The minimum atomic E-state index is -0.714. The van der Waals surface area contributed by atoms with Crippen molar-refractivity contribution in [3.63, 3.8) is 0 Å². The molecule has 1 heterocycles. The molecule has 1 fully saturated rings. The molecule has 21 heavy (non-hydrogen) atoms. The van der Waals surface area contributed by atoms with E-state index in [1.165, 1.54) is 10.0 Å². The molecule has 1 saturated heterocycles. The summed E-state index contributed by atoms with van der Waals surface area (Å²) >= 11 is 0. The van der Waals surface area contributed by atoms with Crippen LogP contribution in [0.3, 0.4) is 0 Å².